The molecule has 2 nitrogen and oxygen atoms in total. The van der Waals surface area contributed by atoms with Crippen LogP contribution in [0.3, 0.4) is 0 Å². The average molecular weight is 252 g/mol. The molecule has 0 saturated heterocycles. The summed E-state index contributed by atoms with van der Waals surface area (Å²) in [5, 5.41) is 0. The lowest BCUT2D eigenvalue weighted by Gasteiger charge is -2.20. The highest BCUT2D eigenvalue weighted by atomic mass is 32.2. The third-order valence-electron chi connectivity index (χ3n) is 2.76. The van der Waals surface area contributed by atoms with Gasteiger partial charge >= 0.3 is 0 Å². The third kappa shape index (κ3) is 2.75. The minimum absolute atomic E-state index is 0.571. The summed E-state index contributed by atoms with van der Waals surface area (Å²) in [4.78, 5) is 4.20. The van der Waals surface area contributed by atoms with Gasteiger partial charge in [-0.2, -0.15) is 0 Å². The van der Waals surface area contributed by atoms with Gasteiger partial charge < -0.3 is 5.73 Å². The van der Waals surface area contributed by atoms with Crippen molar-refractivity contribution >= 4 is 29.0 Å². The molecule has 0 fully saturated rings. The first-order valence-electron chi connectivity index (χ1n) is 5.35. The Bertz CT molecular complexity index is 392. The van der Waals surface area contributed by atoms with E-state index in [1.54, 1.807) is 0 Å². The number of nitrogens with two attached hydrogens (primary N) is 1. The highest BCUT2D eigenvalue weighted by Crippen LogP contribution is 2.39. The molecule has 0 amide bonds. The number of hydrogen-bond donors (Lipinski definition) is 1. The number of thiocarbonyl (C=S) groups is 1. The summed E-state index contributed by atoms with van der Waals surface area (Å²) in [5.74, 6) is 1.78. The fraction of sp³-hybridized carbons (Fsp3) is 0.417. The largest absolute Gasteiger partial charge is 0.392 e. The van der Waals surface area contributed by atoms with Crippen LogP contribution in [-0.2, 0) is 0 Å². The van der Waals surface area contributed by atoms with E-state index < -0.39 is 0 Å². The van der Waals surface area contributed by atoms with Crippen LogP contribution >= 0.6 is 24.0 Å². The molecule has 2 rings (SSSR count). The Morgan fingerprint density at radius 3 is 3.06 bits per heavy atom. The normalized spacial score (nSPS) is 18.8. The monoisotopic (exact) mass is 252 g/mol. The predicted octanol–water partition coefficient (Wildman–Crippen LogP) is 2.09. The summed E-state index contributed by atoms with van der Waals surface area (Å²) in [6, 6.07) is 8.65. The first-order chi connectivity index (χ1) is 7.66. The van der Waals surface area contributed by atoms with E-state index in [-0.39, 0.29) is 0 Å². The second-order valence-corrected chi connectivity index (χ2v) is 5.80. The molecule has 0 aromatic heterocycles. The summed E-state index contributed by atoms with van der Waals surface area (Å²) in [6.07, 6.45) is 0. The topological polar surface area (TPSA) is 29.3 Å². The Hall–Kier alpha value is -0.580. The minimum Gasteiger partial charge on any atom is -0.392 e. The van der Waals surface area contributed by atoms with Crippen LogP contribution in [0.5, 0.6) is 0 Å². The van der Waals surface area contributed by atoms with E-state index in [1.165, 1.54) is 16.2 Å². The lowest BCUT2D eigenvalue weighted by molar-refractivity contribution is 0.361. The summed E-state index contributed by atoms with van der Waals surface area (Å²) in [5.41, 5.74) is 7.02. The molecule has 1 aromatic carbocycles. The van der Waals surface area contributed by atoms with Gasteiger partial charge in [0, 0.05) is 29.7 Å². The molecule has 1 atom stereocenters. The van der Waals surface area contributed by atoms with Crippen LogP contribution in [0.4, 0.5) is 0 Å². The van der Waals surface area contributed by atoms with Gasteiger partial charge in [0.05, 0.1) is 4.99 Å². The molecule has 0 radical (unpaired) electrons. The van der Waals surface area contributed by atoms with Crippen LogP contribution < -0.4 is 5.73 Å². The van der Waals surface area contributed by atoms with Gasteiger partial charge in [-0.15, -0.1) is 11.8 Å². The molecule has 4 heteroatoms. The average Bonchev–Trinajstić information content (AvgIpc) is 2.61. The molecule has 1 aromatic rings. The first-order valence-corrected chi connectivity index (χ1v) is 6.75. The van der Waals surface area contributed by atoms with Crippen molar-refractivity contribution in [2.75, 3.05) is 25.9 Å². The van der Waals surface area contributed by atoms with Gasteiger partial charge in [0.1, 0.15) is 0 Å². The van der Waals surface area contributed by atoms with E-state index in [4.69, 9.17) is 18.0 Å². The smallest absolute Gasteiger partial charge is 0.0869 e. The van der Waals surface area contributed by atoms with E-state index in [2.05, 4.69) is 36.2 Å². The van der Waals surface area contributed by atoms with Crippen LogP contribution in [0.25, 0.3) is 0 Å². The van der Waals surface area contributed by atoms with Crippen LogP contribution in [0.1, 0.15) is 11.5 Å². The maximum Gasteiger partial charge on any atom is 0.0869 e. The number of fused-ring (bicyclic) bond motifs is 1. The highest BCUT2D eigenvalue weighted by Gasteiger charge is 2.23. The zero-order chi connectivity index (χ0) is 11.5. The van der Waals surface area contributed by atoms with E-state index >= 15 is 0 Å². The van der Waals surface area contributed by atoms with Crippen LogP contribution in [0.2, 0.25) is 0 Å². The lowest BCUT2D eigenvalue weighted by Crippen LogP contribution is -2.32. The maximum absolute atomic E-state index is 5.55. The Labute approximate surface area is 106 Å². The molecule has 0 spiro atoms. The molecular formula is C12H16N2S2. The van der Waals surface area contributed by atoms with Gasteiger partial charge in [0.25, 0.3) is 0 Å². The van der Waals surface area contributed by atoms with Gasteiger partial charge in [0.15, 0.2) is 0 Å². The highest BCUT2D eigenvalue weighted by molar-refractivity contribution is 7.99. The molecular weight excluding hydrogens is 236 g/mol. The maximum atomic E-state index is 5.55. The second kappa shape index (κ2) is 5.17. The molecule has 2 N–H and O–H groups in total. The van der Waals surface area contributed by atoms with Crippen molar-refractivity contribution in [3.05, 3.63) is 29.8 Å². The third-order valence-corrected chi connectivity index (χ3v) is 4.14. The quantitative estimate of drug-likeness (QED) is 0.831. The fourth-order valence-corrected chi connectivity index (χ4v) is 3.55. The second-order valence-electron chi connectivity index (χ2n) is 4.21. The standard InChI is InChI=1S/C12H16N2S2/c1-14(7-12(13)15)6-9-8-16-11-5-3-2-4-10(9)11/h2-5,9H,6-8H2,1H3,(H2,13,15). The van der Waals surface area contributed by atoms with Crippen molar-refractivity contribution in [3.8, 4) is 0 Å². The van der Waals surface area contributed by atoms with Crippen LogP contribution in [0, 0.1) is 0 Å². The fourth-order valence-electron chi connectivity index (χ4n) is 2.09. The molecule has 1 aliphatic rings. The van der Waals surface area contributed by atoms with E-state index in [0.717, 1.165) is 6.54 Å². The Morgan fingerprint density at radius 1 is 1.56 bits per heavy atom. The Kier molecular flexibility index (Phi) is 3.84. The van der Waals surface area contributed by atoms with Gasteiger partial charge in [-0.3, -0.25) is 4.90 Å². The molecule has 16 heavy (non-hydrogen) atoms. The number of hydrogen-bond acceptors (Lipinski definition) is 3. The van der Waals surface area contributed by atoms with E-state index in [0.29, 0.717) is 17.5 Å². The van der Waals surface area contributed by atoms with Crippen LogP contribution in [0.15, 0.2) is 29.2 Å². The SMILES string of the molecule is CN(CC(N)=S)CC1CSc2ccccc21. The molecule has 1 heterocycles. The summed E-state index contributed by atoms with van der Waals surface area (Å²) in [7, 11) is 2.07. The van der Waals surface area contributed by atoms with Crippen molar-refractivity contribution in [2.24, 2.45) is 5.73 Å². The number of benzene rings is 1. The van der Waals surface area contributed by atoms with Gasteiger partial charge in [-0.25, -0.2) is 0 Å². The van der Waals surface area contributed by atoms with Crippen LogP contribution in [-0.4, -0.2) is 35.8 Å². The van der Waals surface area contributed by atoms with Gasteiger partial charge in [-0.1, -0.05) is 30.4 Å². The molecule has 86 valence electrons. The number of nitrogens with zero attached hydrogens (tertiary/aromatic N) is 1. The molecule has 0 bridgehead atoms. The number of likely N-dealkylation sites (N-methyl/N-ethyl adjacent to an activating group) is 1. The number of thioether (sulfide) groups is 1. The van der Waals surface area contributed by atoms with Crippen molar-refractivity contribution in [3.63, 3.8) is 0 Å². The summed E-state index contributed by atoms with van der Waals surface area (Å²) >= 11 is 6.87. The van der Waals surface area contributed by atoms with Crippen molar-refractivity contribution in [2.45, 2.75) is 10.8 Å². The van der Waals surface area contributed by atoms with Gasteiger partial charge in [0.2, 0.25) is 0 Å². The Balaban J connectivity index is 2.00. The summed E-state index contributed by atoms with van der Waals surface area (Å²) < 4.78 is 0. The van der Waals surface area contributed by atoms with Crippen molar-refractivity contribution in [1.82, 2.24) is 4.90 Å². The minimum atomic E-state index is 0.571. The van der Waals surface area contributed by atoms with Crippen molar-refractivity contribution in [1.29, 1.82) is 0 Å². The zero-order valence-corrected chi connectivity index (χ0v) is 11.0. The molecule has 1 unspecified atom stereocenters. The van der Waals surface area contributed by atoms with E-state index in [9.17, 15) is 0 Å². The van der Waals surface area contributed by atoms with E-state index in [1.807, 2.05) is 11.8 Å². The predicted molar refractivity (Wildman–Crippen MR) is 74.2 cm³/mol. The molecule has 0 aliphatic carbocycles. The first kappa shape index (κ1) is 11.9. The molecule has 0 saturated carbocycles. The van der Waals surface area contributed by atoms with Crippen molar-refractivity contribution < 1.29 is 0 Å². The zero-order valence-electron chi connectivity index (χ0n) is 9.35. The number of rotatable bonds is 4. The Morgan fingerprint density at radius 2 is 2.31 bits per heavy atom. The molecule has 1 aliphatic heterocycles. The lowest BCUT2D eigenvalue weighted by atomic mass is 10.0. The summed E-state index contributed by atoms with van der Waals surface area (Å²) in [6.45, 7) is 1.74. The van der Waals surface area contributed by atoms with Gasteiger partial charge in [-0.05, 0) is 18.7 Å².